The average molecular weight is 361 g/mol. The number of amides is 1. The van der Waals surface area contributed by atoms with Crippen molar-refractivity contribution in [3.05, 3.63) is 18.2 Å². The van der Waals surface area contributed by atoms with Crippen molar-refractivity contribution in [2.24, 2.45) is 5.73 Å². The summed E-state index contributed by atoms with van der Waals surface area (Å²) in [7, 11) is 1.68. The Morgan fingerprint density at radius 2 is 2.00 bits per heavy atom. The van der Waals surface area contributed by atoms with Crippen LogP contribution in [0.5, 0.6) is 5.75 Å². The van der Waals surface area contributed by atoms with Crippen LogP contribution in [-0.4, -0.2) is 67.0 Å². The fourth-order valence-electron chi connectivity index (χ4n) is 3.43. The minimum Gasteiger partial charge on any atom is -0.408 e. The first-order valence-electron chi connectivity index (χ1n) is 9.06. The van der Waals surface area contributed by atoms with Crippen molar-refractivity contribution in [2.75, 3.05) is 51.3 Å². The molecular weight excluding hydrogens is 334 g/mol. The monoisotopic (exact) mass is 361 g/mol. The SMILES string of the molecule is CCCN1CCN(c2nc3c(OC(N)=O)cccc3n2CCOC)CC1. The van der Waals surface area contributed by atoms with E-state index in [0.29, 0.717) is 24.4 Å². The molecule has 0 aliphatic carbocycles. The van der Waals surface area contributed by atoms with Crippen LogP contribution in [0.25, 0.3) is 11.0 Å². The summed E-state index contributed by atoms with van der Waals surface area (Å²) in [5, 5.41) is 0. The van der Waals surface area contributed by atoms with E-state index in [9.17, 15) is 4.79 Å². The van der Waals surface area contributed by atoms with Crippen molar-refractivity contribution in [1.82, 2.24) is 14.5 Å². The molecule has 0 atom stereocenters. The lowest BCUT2D eigenvalue weighted by atomic mass is 10.3. The Morgan fingerprint density at radius 3 is 2.65 bits per heavy atom. The first kappa shape index (κ1) is 18.5. The van der Waals surface area contributed by atoms with Gasteiger partial charge >= 0.3 is 6.09 Å². The predicted molar refractivity (Wildman–Crippen MR) is 101 cm³/mol. The van der Waals surface area contributed by atoms with Crippen molar-refractivity contribution in [3.8, 4) is 5.75 Å². The fraction of sp³-hybridized carbons (Fsp3) is 0.556. The van der Waals surface area contributed by atoms with Crippen LogP contribution in [0, 0.1) is 0 Å². The van der Waals surface area contributed by atoms with E-state index in [-0.39, 0.29) is 0 Å². The van der Waals surface area contributed by atoms with Gasteiger partial charge < -0.3 is 24.7 Å². The number of methoxy groups -OCH3 is 1. The van der Waals surface area contributed by atoms with E-state index in [4.69, 9.17) is 20.2 Å². The van der Waals surface area contributed by atoms with Gasteiger partial charge in [0.25, 0.3) is 0 Å². The number of piperazine rings is 1. The first-order valence-corrected chi connectivity index (χ1v) is 9.06. The molecule has 1 fully saturated rings. The number of anilines is 1. The lowest BCUT2D eigenvalue weighted by Crippen LogP contribution is -2.47. The third kappa shape index (κ3) is 3.91. The number of hydrogen-bond donors (Lipinski definition) is 1. The summed E-state index contributed by atoms with van der Waals surface area (Å²) >= 11 is 0. The number of para-hydroxylation sites is 1. The lowest BCUT2D eigenvalue weighted by Gasteiger charge is -2.35. The largest absolute Gasteiger partial charge is 0.410 e. The second-order valence-corrected chi connectivity index (χ2v) is 6.43. The maximum absolute atomic E-state index is 11.2. The van der Waals surface area contributed by atoms with Crippen LogP contribution < -0.4 is 15.4 Å². The molecular formula is C18H27N5O3. The molecule has 2 aromatic rings. The number of hydrogen-bond acceptors (Lipinski definition) is 6. The molecule has 2 N–H and O–H groups in total. The van der Waals surface area contributed by atoms with Crippen molar-refractivity contribution < 1.29 is 14.3 Å². The van der Waals surface area contributed by atoms with Gasteiger partial charge in [0.2, 0.25) is 5.95 Å². The topological polar surface area (TPSA) is 85.9 Å². The van der Waals surface area contributed by atoms with Crippen LogP contribution in [0.1, 0.15) is 13.3 Å². The quantitative estimate of drug-likeness (QED) is 0.807. The van der Waals surface area contributed by atoms with Crippen LogP contribution >= 0.6 is 0 Å². The summed E-state index contributed by atoms with van der Waals surface area (Å²) in [5.74, 6) is 1.27. The van der Waals surface area contributed by atoms with Crippen molar-refractivity contribution in [1.29, 1.82) is 0 Å². The molecule has 1 aliphatic rings. The Morgan fingerprint density at radius 1 is 1.23 bits per heavy atom. The second-order valence-electron chi connectivity index (χ2n) is 6.43. The van der Waals surface area contributed by atoms with Crippen molar-refractivity contribution in [3.63, 3.8) is 0 Å². The Labute approximate surface area is 153 Å². The molecule has 1 aromatic heterocycles. The maximum atomic E-state index is 11.2. The summed E-state index contributed by atoms with van der Waals surface area (Å²) in [5.41, 5.74) is 6.75. The summed E-state index contributed by atoms with van der Waals surface area (Å²) in [6.07, 6.45) is 0.332. The zero-order valence-corrected chi connectivity index (χ0v) is 15.5. The van der Waals surface area contributed by atoms with Crippen LogP contribution in [0.4, 0.5) is 10.7 Å². The van der Waals surface area contributed by atoms with Crippen molar-refractivity contribution >= 4 is 23.1 Å². The van der Waals surface area contributed by atoms with Crippen LogP contribution in [-0.2, 0) is 11.3 Å². The van der Waals surface area contributed by atoms with E-state index in [1.807, 2.05) is 12.1 Å². The van der Waals surface area contributed by atoms with Crippen LogP contribution in [0.2, 0.25) is 0 Å². The normalized spacial score (nSPS) is 15.5. The predicted octanol–water partition coefficient (Wildman–Crippen LogP) is 1.67. The van der Waals surface area contributed by atoms with Gasteiger partial charge in [-0.2, -0.15) is 0 Å². The Bertz CT molecular complexity index is 753. The van der Waals surface area contributed by atoms with E-state index in [1.165, 1.54) is 6.42 Å². The number of rotatable bonds is 7. The molecule has 0 bridgehead atoms. The fourth-order valence-corrected chi connectivity index (χ4v) is 3.43. The number of primary amides is 1. The van der Waals surface area contributed by atoms with Gasteiger partial charge in [-0.25, -0.2) is 9.78 Å². The number of benzene rings is 1. The molecule has 1 aromatic carbocycles. The van der Waals surface area contributed by atoms with E-state index in [1.54, 1.807) is 13.2 Å². The Kier molecular flexibility index (Phi) is 5.95. The van der Waals surface area contributed by atoms with Crippen molar-refractivity contribution in [2.45, 2.75) is 19.9 Å². The number of carbonyl (C=O) groups excluding carboxylic acids is 1. The van der Waals surface area contributed by atoms with Gasteiger partial charge in [-0.3, -0.25) is 4.90 Å². The molecule has 0 saturated carbocycles. The number of nitrogens with two attached hydrogens (primary N) is 1. The van der Waals surface area contributed by atoms with Gasteiger partial charge in [0.15, 0.2) is 5.75 Å². The molecule has 1 saturated heterocycles. The summed E-state index contributed by atoms with van der Waals surface area (Å²) < 4.78 is 12.5. The summed E-state index contributed by atoms with van der Waals surface area (Å²) in [6, 6.07) is 5.53. The second kappa shape index (κ2) is 8.37. The zero-order chi connectivity index (χ0) is 18.5. The third-order valence-electron chi connectivity index (χ3n) is 4.65. The first-order chi connectivity index (χ1) is 12.6. The Balaban J connectivity index is 1.94. The van der Waals surface area contributed by atoms with Crippen LogP contribution in [0.3, 0.4) is 0 Å². The number of aromatic nitrogens is 2. The number of nitrogens with zero attached hydrogens (tertiary/aromatic N) is 4. The smallest absolute Gasteiger partial charge is 0.408 e. The highest BCUT2D eigenvalue weighted by Crippen LogP contribution is 2.30. The van der Waals surface area contributed by atoms with E-state index in [0.717, 1.165) is 44.2 Å². The van der Waals surface area contributed by atoms with Gasteiger partial charge in [-0.05, 0) is 25.1 Å². The molecule has 8 heteroatoms. The molecule has 1 amide bonds. The highest BCUT2D eigenvalue weighted by Gasteiger charge is 2.23. The van der Waals surface area contributed by atoms with Gasteiger partial charge in [0, 0.05) is 39.8 Å². The van der Waals surface area contributed by atoms with E-state index >= 15 is 0 Å². The molecule has 1 aliphatic heterocycles. The van der Waals surface area contributed by atoms with Gasteiger partial charge in [-0.15, -0.1) is 0 Å². The minimum absolute atomic E-state index is 0.386. The molecule has 0 spiro atoms. The molecule has 26 heavy (non-hydrogen) atoms. The third-order valence-corrected chi connectivity index (χ3v) is 4.65. The van der Waals surface area contributed by atoms with Gasteiger partial charge in [0.1, 0.15) is 5.52 Å². The lowest BCUT2D eigenvalue weighted by molar-refractivity contribution is 0.188. The molecule has 142 valence electrons. The molecule has 0 radical (unpaired) electrons. The van der Waals surface area contributed by atoms with Gasteiger partial charge in [0.05, 0.1) is 12.1 Å². The maximum Gasteiger partial charge on any atom is 0.410 e. The van der Waals surface area contributed by atoms with Gasteiger partial charge in [-0.1, -0.05) is 13.0 Å². The number of ether oxygens (including phenoxy) is 2. The highest BCUT2D eigenvalue weighted by atomic mass is 16.5. The molecule has 8 nitrogen and oxygen atoms in total. The van der Waals surface area contributed by atoms with E-state index < -0.39 is 6.09 Å². The summed E-state index contributed by atoms with van der Waals surface area (Å²) in [4.78, 5) is 20.8. The Hall–Kier alpha value is -2.32. The average Bonchev–Trinajstić information content (AvgIpc) is 3.00. The zero-order valence-electron chi connectivity index (χ0n) is 15.5. The molecule has 0 unspecified atom stereocenters. The number of fused-ring (bicyclic) bond motifs is 1. The van der Waals surface area contributed by atoms with Crippen LogP contribution in [0.15, 0.2) is 18.2 Å². The number of carbonyl (C=O) groups is 1. The minimum atomic E-state index is -0.835. The molecule has 2 heterocycles. The summed E-state index contributed by atoms with van der Waals surface area (Å²) in [6.45, 7) is 8.47. The molecule has 3 rings (SSSR count). The number of imidazole rings is 1. The highest BCUT2D eigenvalue weighted by molar-refractivity contribution is 5.87. The standard InChI is InChI=1S/C18H27N5O3/c1-3-7-21-8-10-22(11-9-21)18-20-16-14(23(18)12-13-25-2)5-4-6-15(16)26-17(19)24/h4-6H,3,7-13H2,1-2H3,(H2,19,24). The van der Waals surface area contributed by atoms with E-state index in [2.05, 4.69) is 21.3 Å².